The molecule has 6 nitrogen and oxygen atoms in total. The van der Waals surface area contributed by atoms with Crippen LogP contribution in [0, 0.1) is 0 Å². The number of methoxy groups -OCH3 is 1. The Hall–Kier alpha value is -1.40. The lowest BCUT2D eigenvalue weighted by Gasteiger charge is -2.43. The second kappa shape index (κ2) is 6.58. The molecular formula is C15H24N4O2. The van der Waals surface area contributed by atoms with Gasteiger partial charge in [-0.3, -0.25) is 4.90 Å². The van der Waals surface area contributed by atoms with E-state index in [1.54, 1.807) is 19.5 Å². The van der Waals surface area contributed by atoms with Crippen molar-refractivity contribution in [1.29, 1.82) is 0 Å². The number of hydrogen-bond acceptors (Lipinski definition) is 6. The summed E-state index contributed by atoms with van der Waals surface area (Å²) in [5, 5.41) is 10.2. The summed E-state index contributed by atoms with van der Waals surface area (Å²) < 4.78 is 5.29. The van der Waals surface area contributed by atoms with Crippen LogP contribution in [-0.4, -0.2) is 65.4 Å². The largest absolute Gasteiger partial charge is 0.478 e. The maximum atomic E-state index is 10.2. The summed E-state index contributed by atoms with van der Waals surface area (Å²) in [7, 11) is 1.63. The Morgan fingerprint density at radius 3 is 2.52 bits per heavy atom. The van der Waals surface area contributed by atoms with Crippen LogP contribution in [0.25, 0.3) is 0 Å². The smallest absolute Gasteiger partial charge is 0.257 e. The van der Waals surface area contributed by atoms with Gasteiger partial charge in [0.2, 0.25) is 0 Å². The van der Waals surface area contributed by atoms with Crippen LogP contribution in [0.5, 0.6) is 5.88 Å². The molecule has 0 bridgehead atoms. The number of aliphatic hydroxyl groups is 1. The summed E-state index contributed by atoms with van der Waals surface area (Å²) in [5.41, 5.74) is 0. The fourth-order valence-corrected chi connectivity index (χ4v) is 3.46. The second-order valence-electron chi connectivity index (χ2n) is 5.83. The Balaban J connectivity index is 1.62. The van der Waals surface area contributed by atoms with Gasteiger partial charge < -0.3 is 14.7 Å². The number of anilines is 1. The van der Waals surface area contributed by atoms with Crippen LogP contribution in [0.4, 0.5) is 5.82 Å². The van der Waals surface area contributed by atoms with Crippen molar-refractivity contribution in [3.63, 3.8) is 0 Å². The highest BCUT2D eigenvalue weighted by atomic mass is 16.5. The SMILES string of the molecule is COc1nccnc1N1CCN([C@H]2CCCC[C@@H]2O)CC1. The monoisotopic (exact) mass is 292 g/mol. The first-order chi connectivity index (χ1) is 10.3. The highest BCUT2D eigenvalue weighted by Gasteiger charge is 2.31. The average Bonchev–Trinajstić information content (AvgIpc) is 2.55. The number of ether oxygens (including phenoxy) is 1. The van der Waals surface area contributed by atoms with Crippen molar-refractivity contribution >= 4 is 5.82 Å². The first-order valence-electron chi connectivity index (χ1n) is 7.81. The molecule has 2 atom stereocenters. The number of aliphatic hydroxyl groups excluding tert-OH is 1. The predicted octanol–water partition coefficient (Wildman–Crippen LogP) is 0.911. The lowest BCUT2D eigenvalue weighted by molar-refractivity contribution is 0.0172. The molecule has 0 spiro atoms. The molecule has 2 fully saturated rings. The predicted molar refractivity (Wildman–Crippen MR) is 80.6 cm³/mol. The molecule has 1 aliphatic heterocycles. The normalized spacial score (nSPS) is 27.6. The van der Waals surface area contributed by atoms with Crippen molar-refractivity contribution in [2.24, 2.45) is 0 Å². The zero-order valence-corrected chi connectivity index (χ0v) is 12.6. The van der Waals surface area contributed by atoms with Crippen molar-refractivity contribution in [3.8, 4) is 5.88 Å². The third-order valence-corrected chi connectivity index (χ3v) is 4.62. The maximum Gasteiger partial charge on any atom is 0.257 e. The van der Waals surface area contributed by atoms with E-state index < -0.39 is 0 Å². The van der Waals surface area contributed by atoms with E-state index in [1.165, 1.54) is 6.42 Å². The second-order valence-corrected chi connectivity index (χ2v) is 5.83. The molecule has 0 unspecified atom stereocenters. The van der Waals surface area contributed by atoms with E-state index in [2.05, 4.69) is 19.8 Å². The zero-order valence-electron chi connectivity index (χ0n) is 12.6. The first kappa shape index (κ1) is 14.5. The van der Waals surface area contributed by atoms with Crippen LogP contribution in [0.15, 0.2) is 12.4 Å². The number of rotatable bonds is 3. The van der Waals surface area contributed by atoms with Crippen LogP contribution in [0.3, 0.4) is 0 Å². The minimum Gasteiger partial charge on any atom is -0.478 e. The summed E-state index contributed by atoms with van der Waals surface area (Å²) in [6.07, 6.45) is 7.66. The van der Waals surface area contributed by atoms with Gasteiger partial charge in [0.05, 0.1) is 13.2 Å². The first-order valence-corrected chi connectivity index (χ1v) is 7.81. The molecule has 6 heteroatoms. The van der Waals surface area contributed by atoms with Gasteiger partial charge in [0.15, 0.2) is 5.82 Å². The number of hydrogen-bond donors (Lipinski definition) is 1. The van der Waals surface area contributed by atoms with E-state index in [0.717, 1.165) is 51.3 Å². The lowest BCUT2D eigenvalue weighted by Crippen LogP contribution is -2.54. The summed E-state index contributed by atoms with van der Waals surface area (Å²) in [5.74, 6) is 1.41. The molecule has 1 aliphatic carbocycles. The summed E-state index contributed by atoms with van der Waals surface area (Å²) >= 11 is 0. The van der Waals surface area contributed by atoms with Gasteiger partial charge in [0, 0.05) is 44.6 Å². The minimum absolute atomic E-state index is 0.156. The maximum absolute atomic E-state index is 10.2. The molecule has 3 rings (SSSR count). The van der Waals surface area contributed by atoms with E-state index in [0.29, 0.717) is 11.9 Å². The van der Waals surface area contributed by atoms with E-state index in [9.17, 15) is 5.11 Å². The average molecular weight is 292 g/mol. The van der Waals surface area contributed by atoms with Gasteiger partial charge in [0.25, 0.3) is 5.88 Å². The minimum atomic E-state index is -0.156. The number of piperazine rings is 1. The molecule has 1 N–H and O–H groups in total. The molecule has 1 aromatic heterocycles. The van der Waals surface area contributed by atoms with Gasteiger partial charge in [-0.2, -0.15) is 0 Å². The summed E-state index contributed by atoms with van der Waals surface area (Å²) in [6, 6.07) is 0.338. The zero-order chi connectivity index (χ0) is 14.7. The van der Waals surface area contributed by atoms with Crippen molar-refractivity contribution in [2.45, 2.75) is 37.8 Å². The van der Waals surface area contributed by atoms with Gasteiger partial charge in [-0.25, -0.2) is 9.97 Å². The fourth-order valence-electron chi connectivity index (χ4n) is 3.46. The quantitative estimate of drug-likeness (QED) is 0.893. The van der Waals surface area contributed by atoms with Crippen molar-refractivity contribution in [2.75, 3.05) is 38.2 Å². The van der Waals surface area contributed by atoms with Crippen LogP contribution in [0.2, 0.25) is 0 Å². The molecule has 2 aliphatic rings. The molecule has 0 amide bonds. The number of nitrogens with zero attached hydrogens (tertiary/aromatic N) is 4. The molecule has 21 heavy (non-hydrogen) atoms. The van der Waals surface area contributed by atoms with E-state index >= 15 is 0 Å². The van der Waals surface area contributed by atoms with Crippen molar-refractivity contribution < 1.29 is 9.84 Å². The molecular weight excluding hydrogens is 268 g/mol. The van der Waals surface area contributed by atoms with Gasteiger partial charge in [-0.05, 0) is 12.8 Å². The van der Waals surface area contributed by atoms with Gasteiger partial charge in [-0.1, -0.05) is 12.8 Å². The van der Waals surface area contributed by atoms with Crippen LogP contribution >= 0.6 is 0 Å². The molecule has 2 heterocycles. The summed E-state index contributed by atoms with van der Waals surface area (Å²) in [6.45, 7) is 3.72. The van der Waals surface area contributed by atoms with Crippen LogP contribution < -0.4 is 9.64 Å². The standard InChI is InChI=1S/C15H24N4O2/c1-21-15-14(16-6-7-17-15)19-10-8-18(9-11-19)12-4-2-3-5-13(12)20/h6-7,12-13,20H,2-5,8-11H2,1H3/t12-,13-/m0/s1. The van der Waals surface area contributed by atoms with Crippen molar-refractivity contribution in [3.05, 3.63) is 12.4 Å². The van der Waals surface area contributed by atoms with E-state index in [-0.39, 0.29) is 6.10 Å². The highest BCUT2D eigenvalue weighted by molar-refractivity contribution is 5.48. The lowest BCUT2D eigenvalue weighted by atomic mass is 9.91. The van der Waals surface area contributed by atoms with Crippen molar-refractivity contribution in [1.82, 2.24) is 14.9 Å². The Kier molecular flexibility index (Phi) is 4.55. The van der Waals surface area contributed by atoms with Crippen LogP contribution in [0.1, 0.15) is 25.7 Å². The molecule has 0 aromatic carbocycles. The van der Waals surface area contributed by atoms with Crippen LogP contribution in [-0.2, 0) is 0 Å². The Bertz CT molecular complexity index is 463. The van der Waals surface area contributed by atoms with Gasteiger partial charge in [0.1, 0.15) is 0 Å². The highest BCUT2D eigenvalue weighted by Crippen LogP contribution is 2.27. The Morgan fingerprint density at radius 1 is 1.10 bits per heavy atom. The van der Waals surface area contributed by atoms with E-state index in [4.69, 9.17) is 4.74 Å². The number of aromatic nitrogens is 2. The Morgan fingerprint density at radius 2 is 1.81 bits per heavy atom. The molecule has 1 aromatic rings. The third kappa shape index (κ3) is 3.11. The Labute approximate surface area is 125 Å². The van der Waals surface area contributed by atoms with E-state index in [1.807, 2.05) is 0 Å². The van der Waals surface area contributed by atoms with Gasteiger partial charge in [-0.15, -0.1) is 0 Å². The summed E-state index contributed by atoms with van der Waals surface area (Å²) in [4.78, 5) is 13.3. The topological polar surface area (TPSA) is 61.7 Å². The third-order valence-electron chi connectivity index (χ3n) is 4.62. The molecule has 1 saturated carbocycles. The molecule has 1 saturated heterocycles. The van der Waals surface area contributed by atoms with Gasteiger partial charge >= 0.3 is 0 Å². The molecule has 0 radical (unpaired) electrons. The molecule has 116 valence electrons. The fraction of sp³-hybridized carbons (Fsp3) is 0.733.